The van der Waals surface area contributed by atoms with Crippen LogP contribution < -0.4 is 9.63 Å². The highest BCUT2D eigenvalue weighted by Crippen LogP contribution is 2.17. The zero-order valence-corrected chi connectivity index (χ0v) is 8.25. The lowest BCUT2D eigenvalue weighted by Crippen LogP contribution is -2.25. The summed E-state index contributed by atoms with van der Waals surface area (Å²) in [5.74, 6) is 0. The molecule has 1 aromatic heterocycles. The van der Waals surface area contributed by atoms with Gasteiger partial charge < -0.3 is 10.1 Å². The number of carbonyl (C=O) groups excluding carboxylic acids is 1. The van der Waals surface area contributed by atoms with E-state index in [2.05, 4.69) is 0 Å². The van der Waals surface area contributed by atoms with Gasteiger partial charge in [0, 0.05) is 30.3 Å². The van der Waals surface area contributed by atoms with Crippen molar-refractivity contribution in [2.45, 2.75) is 0 Å². The Morgan fingerprint density at radius 1 is 1.40 bits per heavy atom. The lowest BCUT2D eigenvalue weighted by molar-refractivity contribution is -0.577. The minimum Gasteiger partial charge on any atom is -0.618 e. The molecule has 76 valence electrons. The monoisotopic (exact) mass is 202 g/mol. The van der Waals surface area contributed by atoms with E-state index in [1.807, 2.05) is 6.07 Å². The van der Waals surface area contributed by atoms with E-state index in [-0.39, 0.29) is 0 Å². The van der Waals surface area contributed by atoms with Crippen molar-refractivity contribution < 1.29 is 9.52 Å². The number of fused-ring (bicyclic) bond motifs is 1. The molecule has 0 aliphatic rings. The average Bonchev–Trinajstić information content (AvgIpc) is 2.28. The first kappa shape index (κ1) is 9.45. The van der Waals surface area contributed by atoms with Crippen LogP contribution in [0.25, 0.3) is 10.9 Å². The largest absolute Gasteiger partial charge is 0.618 e. The second kappa shape index (κ2) is 3.57. The Kier molecular flexibility index (Phi) is 2.25. The van der Waals surface area contributed by atoms with E-state index in [1.165, 1.54) is 11.1 Å². The number of hydrogen-bond acceptors (Lipinski definition) is 2. The molecule has 4 heteroatoms. The third-order valence-corrected chi connectivity index (χ3v) is 2.31. The maximum atomic E-state index is 11.4. The molecule has 0 N–H and O–H groups in total. The third kappa shape index (κ3) is 1.61. The summed E-state index contributed by atoms with van der Waals surface area (Å²) in [6, 6.07) is 8.77. The maximum absolute atomic E-state index is 11.4. The topological polar surface area (TPSA) is 47.2 Å². The van der Waals surface area contributed by atoms with Gasteiger partial charge in [-0.25, -0.2) is 0 Å². The van der Waals surface area contributed by atoms with E-state index in [9.17, 15) is 10.0 Å². The first-order valence-corrected chi connectivity index (χ1v) is 4.52. The van der Waals surface area contributed by atoms with Crippen molar-refractivity contribution in [2.24, 2.45) is 0 Å². The van der Waals surface area contributed by atoms with Gasteiger partial charge >= 0.3 is 0 Å². The first-order valence-electron chi connectivity index (χ1n) is 4.52. The molecule has 0 bridgehead atoms. The van der Waals surface area contributed by atoms with Crippen LogP contribution >= 0.6 is 0 Å². The molecule has 0 fully saturated rings. The molecular formula is C11H10N2O2. The van der Waals surface area contributed by atoms with Gasteiger partial charge in [0.15, 0.2) is 6.20 Å². The highest BCUT2D eigenvalue weighted by Gasteiger charge is 2.05. The van der Waals surface area contributed by atoms with E-state index >= 15 is 0 Å². The molecule has 2 aromatic rings. The Morgan fingerprint density at radius 2 is 2.20 bits per heavy atom. The Hall–Kier alpha value is -2.10. The zero-order chi connectivity index (χ0) is 10.8. The number of anilines is 1. The quantitative estimate of drug-likeness (QED) is 0.415. The van der Waals surface area contributed by atoms with E-state index in [1.54, 1.807) is 31.3 Å². The third-order valence-electron chi connectivity index (χ3n) is 2.31. The number of hydrogen-bond donors (Lipinski definition) is 0. The van der Waals surface area contributed by atoms with Crippen molar-refractivity contribution in [3.8, 4) is 0 Å². The molecule has 0 radical (unpaired) electrons. The van der Waals surface area contributed by atoms with Crippen LogP contribution in [0.15, 0.2) is 36.5 Å². The Balaban J connectivity index is 2.61. The van der Waals surface area contributed by atoms with Gasteiger partial charge in [0.25, 0.3) is 0 Å². The van der Waals surface area contributed by atoms with Gasteiger partial charge in [0.2, 0.25) is 11.9 Å². The molecule has 0 unspecified atom stereocenters. The molecule has 2 rings (SSSR count). The van der Waals surface area contributed by atoms with Crippen LogP contribution in [-0.4, -0.2) is 13.5 Å². The van der Waals surface area contributed by atoms with Crippen molar-refractivity contribution >= 4 is 23.0 Å². The molecular weight excluding hydrogens is 192 g/mol. The normalized spacial score (nSPS) is 10.2. The van der Waals surface area contributed by atoms with Gasteiger partial charge in [0.05, 0.1) is 0 Å². The van der Waals surface area contributed by atoms with Crippen LogP contribution in [0.3, 0.4) is 0 Å². The summed E-state index contributed by atoms with van der Waals surface area (Å²) >= 11 is 0. The number of carbonyl (C=O) groups is 1. The van der Waals surface area contributed by atoms with Gasteiger partial charge in [-0.2, -0.15) is 4.73 Å². The van der Waals surface area contributed by atoms with Crippen LogP contribution in [0, 0.1) is 5.21 Å². The summed E-state index contributed by atoms with van der Waals surface area (Å²) in [5, 5.41) is 12.2. The van der Waals surface area contributed by atoms with Crippen molar-refractivity contribution in [3.05, 3.63) is 41.7 Å². The number of rotatable bonds is 2. The van der Waals surface area contributed by atoms with Crippen LogP contribution in [0.5, 0.6) is 0 Å². The Morgan fingerprint density at radius 3 is 2.93 bits per heavy atom. The van der Waals surface area contributed by atoms with E-state index in [4.69, 9.17) is 0 Å². The van der Waals surface area contributed by atoms with Crippen molar-refractivity contribution in [2.75, 3.05) is 11.9 Å². The molecule has 1 heterocycles. The summed E-state index contributed by atoms with van der Waals surface area (Å²) < 4.78 is 0.806. The summed E-state index contributed by atoms with van der Waals surface area (Å²) in [7, 11) is 1.67. The van der Waals surface area contributed by atoms with Gasteiger partial charge in [0.1, 0.15) is 0 Å². The predicted molar refractivity (Wildman–Crippen MR) is 57.4 cm³/mol. The fourth-order valence-corrected chi connectivity index (χ4v) is 1.46. The average molecular weight is 202 g/mol. The number of benzene rings is 1. The van der Waals surface area contributed by atoms with Gasteiger partial charge in [-0.3, -0.25) is 4.79 Å². The fraction of sp³-hybridized carbons (Fsp3) is 0.0909. The summed E-state index contributed by atoms with van der Waals surface area (Å²) in [6.07, 6.45) is 2.18. The Bertz CT molecular complexity index is 511. The molecule has 1 amide bonds. The number of amides is 1. The minimum absolute atomic E-state index is 0.598. The van der Waals surface area contributed by atoms with E-state index < -0.39 is 0 Å². The number of aromatic nitrogens is 1. The highest BCUT2D eigenvalue weighted by molar-refractivity contribution is 5.84. The Labute approximate surface area is 86.9 Å². The molecule has 4 nitrogen and oxygen atoms in total. The second-order valence-corrected chi connectivity index (χ2v) is 3.29. The van der Waals surface area contributed by atoms with Gasteiger partial charge in [-0.1, -0.05) is 0 Å². The first-order chi connectivity index (χ1) is 7.22. The standard InChI is InChI=1S/C11H10N2O2/c1-12(8-14)10-4-5-11-9(7-10)3-2-6-13(11)15/h2-8H,1H3. The van der Waals surface area contributed by atoms with Crippen molar-refractivity contribution in [1.29, 1.82) is 0 Å². The lowest BCUT2D eigenvalue weighted by Gasteiger charge is -2.10. The van der Waals surface area contributed by atoms with E-state index in [0.717, 1.165) is 22.2 Å². The molecule has 0 saturated carbocycles. The molecule has 15 heavy (non-hydrogen) atoms. The van der Waals surface area contributed by atoms with Crippen molar-refractivity contribution in [3.63, 3.8) is 0 Å². The van der Waals surface area contributed by atoms with Gasteiger partial charge in [-0.15, -0.1) is 0 Å². The second-order valence-electron chi connectivity index (χ2n) is 3.29. The number of pyridine rings is 1. The minimum atomic E-state index is 0.598. The molecule has 0 atom stereocenters. The molecule has 0 aliphatic heterocycles. The van der Waals surface area contributed by atoms with Gasteiger partial charge in [-0.05, 0) is 18.2 Å². The van der Waals surface area contributed by atoms with E-state index in [0.29, 0.717) is 5.52 Å². The van der Waals surface area contributed by atoms with Crippen LogP contribution in [0.4, 0.5) is 5.69 Å². The molecule has 1 aromatic carbocycles. The fourth-order valence-electron chi connectivity index (χ4n) is 1.46. The molecule has 0 spiro atoms. The highest BCUT2D eigenvalue weighted by atomic mass is 16.5. The molecule has 0 aliphatic carbocycles. The lowest BCUT2D eigenvalue weighted by atomic mass is 10.2. The predicted octanol–water partition coefficient (Wildman–Crippen LogP) is 1.07. The van der Waals surface area contributed by atoms with Crippen LogP contribution in [0.1, 0.15) is 0 Å². The van der Waals surface area contributed by atoms with Crippen LogP contribution in [0.2, 0.25) is 0 Å². The zero-order valence-electron chi connectivity index (χ0n) is 8.25. The molecule has 0 saturated heterocycles. The maximum Gasteiger partial charge on any atom is 0.223 e. The summed E-state index contributed by atoms with van der Waals surface area (Å²) in [4.78, 5) is 12.0. The number of nitrogens with zero attached hydrogens (tertiary/aromatic N) is 2. The SMILES string of the molecule is CN(C=O)c1ccc2c(ccc[n+]2[O-])c1. The smallest absolute Gasteiger partial charge is 0.223 e. The van der Waals surface area contributed by atoms with Crippen molar-refractivity contribution in [1.82, 2.24) is 0 Å². The summed E-state index contributed by atoms with van der Waals surface area (Å²) in [5.41, 5.74) is 1.37. The summed E-state index contributed by atoms with van der Waals surface area (Å²) in [6.45, 7) is 0. The van der Waals surface area contributed by atoms with Crippen LogP contribution in [-0.2, 0) is 4.79 Å².